The number of amides is 1. The van der Waals surface area contributed by atoms with Gasteiger partial charge in [-0.3, -0.25) is 19.5 Å². The third kappa shape index (κ3) is 3.40. The molecule has 10 heteroatoms. The molecule has 0 aliphatic carbocycles. The van der Waals surface area contributed by atoms with Crippen molar-refractivity contribution in [1.29, 1.82) is 0 Å². The first-order chi connectivity index (χ1) is 13.6. The molecule has 0 bridgehead atoms. The Morgan fingerprint density at radius 2 is 2.11 bits per heavy atom. The summed E-state index contributed by atoms with van der Waals surface area (Å²) in [6.45, 7) is 4.34. The number of rotatable bonds is 6. The number of nitrogens with one attached hydrogen (secondary N) is 2. The molecule has 0 atom stereocenters. The van der Waals surface area contributed by atoms with Crippen LogP contribution in [0.4, 0.5) is 5.13 Å². The monoisotopic (exact) mass is 414 g/mol. The maximum Gasteiger partial charge on any atom is 0.278 e. The van der Waals surface area contributed by atoms with Crippen LogP contribution in [0.2, 0.25) is 0 Å². The summed E-state index contributed by atoms with van der Waals surface area (Å²) in [6.07, 6.45) is 0.777. The van der Waals surface area contributed by atoms with Crippen LogP contribution in [0.1, 0.15) is 18.9 Å². The highest BCUT2D eigenvalue weighted by atomic mass is 32.2. The lowest BCUT2D eigenvalue weighted by Gasteiger charge is -2.09. The summed E-state index contributed by atoms with van der Waals surface area (Å²) in [4.78, 5) is 33.0. The van der Waals surface area contributed by atoms with Gasteiger partial charge in [-0.25, -0.2) is 4.98 Å². The summed E-state index contributed by atoms with van der Waals surface area (Å²) in [5.41, 5.74) is 1.85. The fourth-order valence-electron chi connectivity index (χ4n) is 2.90. The average Bonchev–Trinajstić information content (AvgIpc) is 3.31. The third-order valence-corrected chi connectivity index (χ3v) is 6.20. The van der Waals surface area contributed by atoms with Gasteiger partial charge in [0.1, 0.15) is 16.0 Å². The van der Waals surface area contributed by atoms with Crippen molar-refractivity contribution in [3.8, 4) is 0 Å². The molecule has 0 saturated carbocycles. The van der Waals surface area contributed by atoms with Crippen molar-refractivity contribution in [3.05, 3.63) is 39.6 Å². The second-order valence-corrected chi connectivity index (χ2v) is 8.03. The fraction of sp³-hybridized carbons (Fsp3) is 0.278. The molecule has 28 heavy (non-hydrogen) atoms. The van der Waals surface area contributed by atoms with Crippen LogP contribution >= 0.6 is 23.1 Å². The number of aromatic nitrogens is 5. The van der Waals surface area contributed by atoms with Crippen molar-refractivity contribution in [2.45, 2.75) is 32.0 Å². The summed E-state index contributed by atoms with van der Waals surface area (Å²) in [5, 5.41) is 13.4. The highest BCUT2D eigenvalue weighted by Crippen LogP contribution is 2.25. The van der Waals surface area contributed by atoms with Gasteiger partial charge in [0.05, 0.1) is 5.75 Å². The van der Waals surface area contributed by atoms with Crippen LogP contribution in [0.3, 0.4) is 0 Å². The van der Waals surface area contributed by atoms with Crippen molar-refractivity contribution >= 4 is 56.1 Å². The molecule has 4 aromatic rings. The summed E-state index contributed by atoms with van der Waals surface area (Å²) in [5.74, 6) is -0.0823. The van der Waals surface area contributed by atoms with E-state index in [4.69, 9.17) is 0 Å². The molecule has 1 aromatic carbocycles. The predicted octanol–water partition coefficient (Wildman–Crippen LogP) is 3.04. The van der Waals surface area contributed by atoms with E-state index < -0.39 is 0 Å². The molecule has 0 aliphatic rings. The van der Waals surface area contributed by atoms with E-state index >= 15 is 0 Å². The largest absolute Gasteiger partial charge is 0.349 e. The molecule has 0 spiro atoms. The fourth-order valence-corrected chi connectivity index (χ4v) is 4.45. The summed E-state index contributed by atoms with van der Waals surface area (Å²) < 4.78 is 1.58. The number of anilines is 1. The quantitative estimate of drug-likeness (QED) is 0.371. The van der Waals surface area contributed by atoms with E-state index in [1.807, 2.05) is 38.1 Å². The summed E-state index contributed by atoms with van der Waals surface area (Å²) >= 11 is 2.59. The van der Waals surface area contributed by atoms with Gasteiger partial charge in [-0.15, -0.1) is 10.2 Å². The molecule has 4 rings (SSSR count). The summed E-state index contributed by atoms with van der Waals surface area (Å²) in [7, 11) is 0. The van der Waals surface area contributed by atoms with Gasteiger partial charge < -0.3 is 4.98 Å². The molecule has 0 fully saturated rings. The molecule has 0 aliphatic heterocycles. The number of H-pyrrole nitrogens is 1. The van der Waals surface area contributed by atoms with Crippen molar-refractivity contribution in [2.24, 2.45) is 0 Å². The van der Waals surface area contributed by atoms with Gasteiger partial charge in [0.2, 0.25) is 11.0 Å². The number of nitrogens with zero attached hydrogens (tertiary/aromatic N) is 4. The lowest BCUT2D eigenvalue weighted by Crippen LogP contribution is -2.23. The summed E-state index contributed by atoms with van der Waals surface area (Å²) in [6, 6.07) is 7.67. The van der Waals surface area contributed by atoms with E-state index in [9.17, 15) is 9.59 Å². The predicted molar refractivity (Wildman–Crippen MR) is 112 cm³/mol. The second-order valence-electron chi connectivity index (χ2n) is 6.03. The third-order valence-electron chi connectivity index (χ3n) is 4.24. The van der Waals surface area contributed by atoms with Crippen LogP contribution in [0.25, 0.3) is 21.9 Å². The van der Waals surface area contributed by atoms with Crippen molar-refractivity contribution in [3.63, 3.8) is 0 Å². The number of aryl methyl sites for hydroxylation is 1. The minimum absolute atomic E-state index is 0.126. The van der Waals surface area contributed by atoms with Crippen molar-refractivity contribution in [1.82, 2.24) is 24.7 Å². The SMILES string of the molecule is CCc1nnc(NC(=O)CSc2nc3c([nH]c4ccccc43)c(=O)n2CC)s1. The Morgan fingerprint density at radius 1 is 1.29 bits per heavy atom. The van der Waals surface area contributed by atoms with Crippen LogP contribution in [-0.4, -0.2) is 36.4 Å². The Morgan fingerprint density at radius 3 is 2.86 bits per heavy atom. The molecule has 8 nitrogen and oxygen atoms in total. The van der Waals surface area contributed by atoms with Crippen LogP contribution in [0.15, 0.2) is 34.2 Å². The van der Waals surface area contributed by atoms with Crippen molar-refractivity contribution < 1.29 is 4.79 Å². The highest BCUT2D eigenvalue weighted by Gasteiger charge is 2.16. The number of hydrogen-bond donors (Lipinski definition) is 2. The molecular formula is C18H18N6O2S2. The first-order valence-corrected chi connectivity index (χ1v) is 10.7. The molecule has 2 N–H and O–H groups in total. The Labute approximate surface area is 168 Å². The van der Waals surface area contributed by atoms with E-state index in [0.717, 1.165) is 22.3 Å². The number of thioether (sulfide) groups is 1. The number of hydrogen-bond acceptors (Lipinski definition) is 7. The first kappa shape index (κ1) is 18.6. The van der Waals surface area contributed by atoms with Crippen LogP contribution in [-0.2, 0) is 17.8 Å². The van der Waals surface area contributed by atoms with Crippen LogP contribution in [0, 0.1) is 0 Å². The number of para-hydroxylation sites is 1. The molecular weight excluding hydrogens is 396 g/mol. The van der Waals surface area contributed by atoms with Gasteiger partial charge in [0, 0.05) is 17.4 Å². The Kier molecular flexibility index (Phi) is 5.14. The maximum atomic E-state index is 12.9. The Balaban J connectivity index is 1.61. The Bertz CT molecular complexity index is 1230. The van der Waals surface area contributed by atoms with Crippen molar-refractivity contribution in [2.75, 3.05) is 11.1 Å². The number of aromatic amines is 1. The van der Waals surface area contributed by atoms with E-state index in [-0.39, 0.29) is 17.2 Å². The zero-order valence-corrected chi connectivity index (χ0v) is 17.0. The maximum absolute atomic E-state index is 12.9. The van der Waals surface area contributed by atoms with Gasteiger partial charge >= 0.3 is 0 Å². The molecule has 0 radical (unpaired) electrons. The van der Waals surface area contributed by atoms with E-state index in [1.54, 1.807) is 4.57 Å². The lowest BCUT2D eigenvalue weighted by atomic mass is 10.2. The highest BCUT2D eigenvalue weighted by molar-refractivity contribution is 7.99. The van der Waals surface area contributed by atoms with Gasteiger partial charge in [-0.1, -0.05) is 48.2 Å². The molecule has 144 valence electrons. The number of carbonyl (C=O) groups excluding carboxylic acids is 1. The van der Waals surface area contributed by atoms with E-state index in [1.165, 1.54) is 23.1 Å². The topological polar surface area (TPSA) is 106 Å². The molecule has 3 aromatic heterocycles. The molecule has 3 heterocycles. The zero-order valence-electron chi connectivity index (χ0n) is 15.4. The standard InChI is InChI=1S/C18H18N6O2S2/c1-3-13-22-23-17(28-13)20-12(25)9-27-18-21-14-10-7-5-6-8-11(10)19-15(14)16(26)24(18)4-2/h5-8,19H,3-4,9H2,1-2H3,(H,20,23,25). The molecule has 1 amide bonds. The van der Waals surface area contributed by atoms with Gasteiger partial charge in [0.15, 0.2) is 5.16 Å². The molecule has 0 saturated heterocycles. The normalized spacial score (nSPS) is 11.4. The Hall–Kier alpha value is -2.72. The van der Waals surface area contributed by atoms with E-state index in [0.29, 0.717) is 27.9 Å². The smallest absolute Gasteiger partial charge is 0.278 e. The number of fused-ring (bicyclic) bond motifs is 3. The zero-order chi connectivity index (χ0) is 19.7. The minimum atomic E-state index is -0.209. The second kappa shape index (κ2) is 7.72. The molecule has 0 unspecified atom stereocenters. The minimum Gasteiger partial charge on any atom is -0.349 e. The lowest BCUT2D eigenvalue weighted by molar-refractivity contribution is -0.113. The van der Waals surface area contributed by atoms with Crippen LogP contribution in [0.5, 0.6) is 0 Å². The average molecular weight is 415 g/mol. The van der Waals surface area contributed by atoms with Gasteiger partial charge in [-0.2, -0.15) is 0 Å². The van der Waals surface area contributed by atoms with E-state index in [2.05, 4.69) is 25.5 Å². The number of carbonyl (C=O) groups is 1. The first-order valence-electron chi connectivity index (χ1n) is 8.87. The van der Waals surface area contributed by atoms with Crippen LogP contribution < -0.4 is 10.9 Å². The van der Waals surface area contributed by atoms with Gasteiger partial charge in [0.25, 0.3) is 5.56 Å². The van der Waals surface area contributed by atoms with Gasteiger partial charge in [-0.05, 0) is 19.4 Å². The number of benzene rings is 1.